The SMILES string of the molecule is CCC[C@H](CC(=O)O)NC(=O)c1cc(C)ncc1O. The lowest BCUT2D eigenvalue weighted by Gasteiger charge is -2.16. The summed E-state index contributed by atoms with van der Waals surface area (Å²) in [5.74, 6) is -1.66. The zero-order valence-electron chi connectivity index (χ0n) is 11.0. The van der Waals surface area contributed by atoms with Crippen LogP contribution in [0.2, 0.25) is 0 Å². The van der Waals surface area contributed by atoms with Crippen LogP contribution in [0.3, 0.4) is 0 Å². The maximum Gasteiger partial charge on any atom is 0.305 e. The third kappa shape index (κ3) is 4.57. The summed E-state index contributed by atoms with van der Waals surface area (Å²) in [5, 5.41) is 21.0. The summed E-state index contributed by atoms with van der Waals surface area (Å²) < 4.78 is 0. The summed E-state index contributed by atoms with van der Waals surface area (Å²) in [5.41, 5.74) is 0.715. The van der Waals surface area contributed by atoms with Gasteiger partial charge in [0.2, 0.25) is 0 Å². The number of carboxylic acid groups (broad SMARTS) is 1. The molecule has 0 aliphatic rings. The van der Waals surface area contributed by atoms with Crippen molar-refractivity contribution < 1.29 is 19.8 Å². The molecule has 0 radical (unpaired) electrons. The summed E-state index contributed by atoms with van der Waals surface area (Å²) in [6.45, 7) is 3.62. The summed E-state index contributed by atoms with van der Waals surface area (Å²) in [6.07, 6.45) is 2.41. The lowest BCUT2D eigenvalue weighted by molar-refractivity contribution is -0.137. The van der Waals surface area contributed by atoms with Crippen LogP contribution in [-0.2, 0) is 4.79 Å². The fourth-order valence-corrected chi connectivity index (χ4v) is 1.78. The number of aromatic hydroxyl groups is 1. The molecule has 0 aliphatic carbocycles. The van der Waals surface area contributed by atoms with Crippen molar-refractivity contribution in [2.45, 2.75) is 39.2 Å². The molecule has 3 N–H and O–H groups in total. The predicted molar refractivity (Wildman–Crippen MR) is 69.1 cm³/mol. The number of carbonyl (C=O) groups is 2. The second-order valence-electron chi connectivity index (χ2n) is 4.40. The number of hydrogen-bond donors (Lipinski definition) is 3. The Hall–Kier alpha value is -2.11. The maximum absolute atomic E-state index is 12.0. The maximum atomic E-state index is 12.0. The van der Waals surface area contributed by atoms with Crippen molar-refractivity contribution in [2.24, 2.45) is 0 Å². The molecule has 19 heavy (non-hydrogen) atoms. The van der Waals surface area contributed by atoms with E-state index in [1.54, 1.807) is 6.92 Å². The molecule has 6 heteroatoms. The number of amides is 1. The third-order valence-corrected chi connectivity index (χ3v) is 2.66. The van der Waals surface area contributed by atoms with Gasteiger partial charge in [0.1, 0.15) is 5.75 Å². The molecule has 0 aromatic carbocycles. The Kier molecular flexibility index (Phi) is 5.29. The Bertz CT molecular complexity index is 474. The number of aryl methyl sites for hydroxylation is 1. The van der Waals surface area contributed by atoms with Crippen molar-refractivity contribution in [1.29, 1.82) is 0 Å². The molecule has 1 atom stereocenters. The van der Waals surface area contributed by atoms with Crippen LogP contribution in [0.25, 0.3) is 0 Å². The molecule has 1 rings (SSSR count). The monoisotopic (exact) mass is 266 g/mol. The van der Waals surface area contributed by atoms with Crippen LogP contribution in [0.4, 0.5) is 0 Å². The van der Waals surface area contributed by atoms with E-state index in [-0.39, 0.29) is 17.7 Å². The summed E-state index contributed by atoms with van der Waals surface area (Å²) in [7, 11) is 0. The van der Waals surface area contributed by atoms with Crippen molar-refractivity contribution >= 4 is 11.9 Å². The van der Waals surface area contributed by atoms with Crippen molar-refractivity contribution in [3.05, 3.63) is 23.5 Å². The summed E-state index contributed by atoms with van der Waals surface area (Å²) >= 11 is 0. The number of pyridine rings is 1. The van der Waals surface area contributed by atoms with E-state index in [0.29, 0.717) is 12.1 Å². The van der Waals surface area contributed by atoms with E-state index in [2.05, 4.69) is 10.3 Å². The molecule has 0 unspecified atom stereocenters. The van der Waals surface area contributed by atoms with Crippen LogP contribution in [-0.4, -0.2) is 33.1 Å². The summed E-state index contributed by atoms with van der Waals surface area (Å²) in [6, 6.07) is 1.02. The minimum Gasteiger partial charge on any atom is -0.505 e. The average Bonchev–Trinajstić information content (AvgIpc) is 2.31. The van der Waals surface area contributed by atoms with E-state index >= 15 is 0 Å². The minimum atomic E-state index is -0.964. The molecular formula is C13H18N2O4. The normalized spacial score (nSPS) is 11.9. The predicted octanol–water partition coefficient (Wildman–Crippen LogP) is 1.47. The van der Waals surface area contributed by atoms with Gasteiger partial charge in [-0.05, 0) is 19.4 Å². The van der Waals surface area contributed by atoms with Gasteiger partial charge in [0.15, 0.2) is 0 Å². The van der Waals surface area contributed by atoms with Gasteiger partial charge >= 0.3 is 5.97 Å². The van der Waals surface area contributed by atoms with Crippen molar-refractivity contribution in [3.8, 4) is 5.75 Å². The molecule has 0 aliphatic heterocycles. The first-order valence-electron chi connectivity index (χ1n) is 6.12. The van der Waals surface area contributed by atoms with Gasteiger partial charge in [0.25, 0.3) is 5.91 Å². The van der Waals surface area contributed by atoms with Crippen LogP contribution >= 0.6 is 0 Å². The van der Waals surface area contributed by atoms with Crippen molar-refractivity contribution in [3.63, 3.8) is 0 Å². The Morgan fingerprint density at radius 2 is 2.16 bits per heavy atom. The van der Waals surface area contributed by atoms with E-state index in [1.807, 2.05) is 6.92 Å². The Balaban J connectivity index is 2.81. The smallest absolute Gasteiger partial charge is 0.305 e. The molecular weight excluding hydrogens is 248 g/mol. The standard InChI is InChI=1S/C13H18N2O4/c1-3-4-9(6-12(17)18)15-13(19)10-5-8(2)14-7-11(10)16/h5,7,9,16H,3-4,6H2,1-2H3,(H,15,19)(H,17,18)/t9-/m1/s1. The number of nitrogens with one attached hydrogen (secondary N) is 1. The molecule has 0 spiro atoms. The Morgan fingerprint density at radius 1 is 1.47 bits per heavy atom. The molecule has 1 aromatic heterocycles. The molecule has 1 amide bonds. The number of rotatable bonds is 6. The quantitative estimate of drug-likeness (QED) is 0.724. The van der Waals surface area contributed by atoms with Gasteiger partial charge in [0, 0.05) is 11.7 Å². The molecule has 1 aromatic rings. The Morgan fingerprint density at radius 3 is 2.74 bits per heavy atom. The molecule has 1 heterocycles. The molecule has 0 saturated heterocycles. The van der Waals surface area contributed by atoms with Gasteiger partial charge in [0.05, 0.1) is 18.2 Å². The molecule has 0 saturated carbocycles. The van der Waals surface area contributed by atoms with Crippen LogP contribution in [0.15, 0.2) is 12.3 Å². The highest BCUT2D eigenvalue weighted by molar-refractivity contribution is 5.97. The van der Waals surface area contributed by atoms with Gasteiger partial charge in [-0.2, -0.15) is 0 Å². The first-order valence-corrected chi connectivity index (χ1v) is 6.12. The first-order chi connectivity index (χ1) is 8.93. The second kappa shape index (κ2) is 6.72. The molecule has 0 fully saturated rings. The van der Waals surface area contributed by atoms with E-state index in [0.717, 1.165) is 6.42 Å². The molecule has 0 bridgehead atoms. The van der Waals surface area contributed by atoms with Gasteiger partial charge < -0.3 is 15.5 Å². The lowest BCUT2D eigenvalue weighted by Crippen LogP contribution is -2.36. The second-order valence-corrected chi connectivity index (χ2v) is 4.40. The van der Waals surface area contributed by atoms with E-state index in [1.165, 1.54) is 12.3 Å². The number of hydrogen-bond acceptors (Lipinski definition) is 4. The highest BCUT2D eigenvalue weighted by Crippen LogP contribution is 2.16. The van der Waals surface area contributed by atoms with Crippen molar-refractivity contribution in [1.82, 2.24) is 10.3 Å². The van der Waals surface area contributed by atoms with Gasteiger partial charge in [-0.25, -0.2) is 0 Å². The minimum absolute atomic E-state index is 0.110. The van der Waals surface area contributed by atoms with E-state index in [4.69, 9.17) is 5.11 Å². The zero-order chi connectivity index (χ0) is 14.4. The first kappa shape index (κ1) is 14.9. The van der Waals surface area contributed by atoms with Crippen LogP contribution < -0.4 is 5.32 Å². The zero-order valence-corrected chi connectivity index (χ0v) is 11.0. The van der Waals surface area contributed by atoms with E-state index in [9.17, 15) is 14.7 Å². The Labute approximate surface area is 111 Å². The fraction of sp³-hybridized carbons (Fsp3) is 0.462. The van der Waals surface area contributed by atoms with Gasteiger partial charge in [-0.15, -0.1) is 0 Å². The van der Waals surface area contributed by atoms with Gasteiger partial charge in [-0.3, -0.25) is 14.6 Å². The average molecular weight is 266 g/mol. The largest absolute Gasteiger partial charge is 0.505 e. The summed E-state index contributed by atoms with van der Waals surface area (Å²) in [4.78, 5) is 26.6. The topological polar surface area (TPSA) is 99.5 Å². The number of nitrogens with zero attached hydrogens (tertiary/aromatic N) is 1. The van der Waals surface area contributed by atoms with Crippen LogP contribution in [0, 0.1) is 6.92 Å². The van der Waals surface area contributed by atoms with Crippen LogP contribution in [0.5, 0.6) is 5.75 Å². The molecule has 6 nitrogen and oxygen atoms in total. The molecule has 104 valence electrons. The number of aliphatic carboxylic acids is 1. The number of aromatic nitrogens is 1. The van der Waals surface area contributed by atoms with E-state index < -0.39 is 17.9 Å². The third-order valence-electron chi connectivity index (χ3n) is 2.66. The number of carboxylic acids is 1. The van der Waals surface area contributed by atoms with Crippen molar-refractivity contribution in [2.75, 3.05) is 0 Å². The lowest BCUT2D eigenvalue weighted by atomic mass is 10.1. The highest BCUT2D eigenvalue weighted by atomic mass is 16.4. The highest BCUT2D eigenvalue weighted by Gasteiger charge is 2.18. The van der Waals surface area contributed by atoms with Crippen LogP contribution in [0.1, 0.15) is 42.2 Å². The fourth-order valence-electron chi connectivity index (χ4n) is 1.78. The van der Waals surface area contributed by atoms with Gasteiger partial charge in [-0.1, -0.05) is 13.3 Å². The number of carbonyl (C=O) groups excluding carboxylic acids is 1.